The van der Waals surface area contributed by atoms with Crippen LogP contribution in [0.2, 0.25) is 0 Å². The van der Waals surface area contributed by atoms with Crippen LogP contribution in [0, 0.1) is 13.8 Å². The lowest BCUT2D eigenvalue weighted by atomic mass is 10.1. The number of imidazole rings is 1. The van der Waals surface area contributed by atoms with E-state index < -0.39 is 0 Å². The molecule has 2 heterocycles. The molecule has 6 heteroatoms. The fraction of sp³-hybridized carbons (Fsp3) is 0.321. The summed E-state index contributed by atoms with van der Waals surface area (Å²) in [5.41, 5.74) is 5.29. The van der Waals surface area contributed by atoms with Crippen LogP contribution in [0.25, 0.3) is 11.0 Å². The summed E-state index contributed by atoms with van der Waals surface area (Å²) in [6.45, 7) is 6.42. The first kappa shape index (κ1) is 23.5. The summed E-state index contributed by atoms with van der Waals surface area (Å²) < 4.78 is 8.26. The third kappa shape index (κ3) is 6.01. The van der Waals surface area contributed by atoms with Gasteiger partial charge in [-0.3, -0.25) is 9.78 Å². The van der Waals surface area contributed by atoms with Gasteiger partial charge in [-0.1, -0.05) is 18.2 Å². The molecule has 1 N–H and O–H groups in total. The number of fused-ring (bicyclic) bond motifs is 1. The maximum Gasteiger partial charge on any atom is 0.252 e. The Hall–Kier alpha value is -3.67. The quantitative estimate of drug-likeness (QED) is 0.312. The summed E-state index contributed by atoms with van der Waals surface area (Å²) in [7, 11) is 0. The number of amides is 1. The number of aryl methyl sites for hydroxylation is 4. The second-order valence-electron chi connectivity index (χ2n) is 8.57. The summed E-state index contributed by atoms with van der Waals surface area (Å²) >= 11 is 0. The van der Waals surface area contributed by atoms with Gasteiger partial charge in [-0.25, -0.2) is 4.98 Å². The van der Waals surface area contributed by atoms with E-state index in [9.17, 15) is 4.79 Å². The summed E-state index contributed by atoms with van der Waals surface area (Å²) in [5, 5.41) is 2.97. The Labute approximate surface area is 201 Å². The predicted molar refractivity (Wildman–Crippen MR) is 135 cm³/mol. The Morgan fingerprint density at radius 1 is 1.00 bits per heavy atom. The van der Waals surface area contributed by atoms with Crippen molar-refractivity contribution in [2.45, 2.75) is 46.1 Å². The van der Waals surface area contributed by atoms with E-state index in [4.69, 9.17) is 9.72 Å². The molecule has 34 heavy (non-hydrogen) atoms. The lowest BCUT2D eigenvalue weighted by molar-refractivity contribution is 0.0952. The first-order valence-corrected chi connectivity index (χ1v) is 11.9. The van der Waals surface area contributed by atoms with Gasteiger partial charge in [0.05, 0.1) is 23.2 Å². The van der Waals surface area contributed by atoms with Crippen molar-refractivity contribution in [2.75, 3.05) is 13.2 Å². The number of nitrogens with one attached hydrogen (secondary N) is 1. The lowest BCUT2D eigenvalue weighted by Gasteiger charge is -2.11. The van der Waals surface area contributed by atoms with E-state index in [1.165, 1.54) is 11.1 Å². The van der Waals surface area contributed by atoms with Gasteiger partial charge in [-0.05, 0) is 80.6 Å². The number of carbonyl (C=O) groups excluding carboxylic acids is 1. The number of aromatic nitrogens is 3. The van der Waals surface area contributed by atoms with Crippen LogP contribution in [-0.2, 0) is 13.0 Å². The zero-order valence-corrected chi connectivity index (χ0v) is 20.0. The van der Waals surface area contributed by atoms with Crippen LogP contribution >= 0.6 is 0 Å². The van der Waals surface area contributed by atoms with Crippen LogP contribution in [0.5, 0.6) is 5.75 Å². The molecule has 2 aromatic heterocycles. The van der Waals surface area contributed by atoms with Gasteiger partial charge in [0.2, 0.25) is 0 Å². The van der Waals surface area contributed by atoms with Gasteiger partial charge >= 0.3 is 0 Å². The van der Waals surface area contributed by atoms with E-state index in [1.807, 2.05) is 12.1 Å². The number of benzene rings is 2. The monoisotopic (exact) mass is 456 g/mol. The van der Waals surface area contributed by atoms with Crippen molar-refractivity contribution in [3.8, 4) is 5.75 Å². The summed E-state index contributed by atoms with van der Waals surface area (Å²) in [5.74, 6) is 1.91. The molecule has 2 aromatic carbocycles. The molecule has 0 saturated heterocycles. The second-order valence-corrected chi connectivity index (χ2v) is 8.57. The van der Waals surface area contributed by atoms with E-state index in [1.54, 1.807) is 24.5 Å². The number of ether oxygens (including phenoxy) is 1. The molecule has 4 rings (SSSR count). The number of nitrogens with zero attached hydrogens (tertiary/aromatic N) is 3. The van der Waals surface area contributed by atoms with Gasteiger partial charge in [-0.15, -0.1) is 0 Å². The van der Waals surface area contributed by atoms with Crippen LogP contribution in [0.15, 0.2) is 67.0 Å². The number of carbonyl (C=O) groups is 1. The second kappa shape index (κ2) is 11.5. The van der Waals surface area contributed by atoms with Crippen LogP contribution in [0.1, 0.15) is 46.6 Å². The molecule has 0 spiro atoms. The molecule has 0 aliphatic rings. The lowest BCUT2D eigenvalue weighted by Crippen LogP contribution is -2.25. The molecular formula is C28H32N4O2. The fourth-order valence-corrected chi connectivity index (χ4v) is 3.98. The zero-order chi connectivity index (χ0) is 23.8. The van der Waals surface area contributed by atoms with Gasteiger partial charge in [-0.2, -0.15) is 0 Å². The standard InChI is InChI=1S/C28H32N4O2/c1-21-13-14-24(19-22(21)2)34-18-6-5-17-32-26-11-4-3-10-25(26)31-27(32)12-8-16-30-28(33)23-9-7-15-29-20-23/h3-4,7,9-11,13-15,19-20H,5-6,8,12,16-18H2,1-2H3,(H,30,33). The molecule has 0 saturated carbocycles. The number of para-hydroxylation sites is 2. The number of rotatable bonds is 11. The van der Waals surface area contributed by atoms with Crippen LogP contribution in [0.3, 0.4) is 0 Å². The smallest absolute Gasteiger partial charge is 0.252 e. The van der Waals surface area contributed by atoms with Crippen molar-refractivity contribution in [1.29, 1.82) is 0 Å². The third-order valence-electron chi connectivity index (χ3n) is 6.04. The molecule has 0 unspecified atom stereocenters. The molecule has 0 atom stereocenters. The maximum absolute atomic E-state index is 12.2. The summed E-state index contributed by atoms with van der Waals surface area (Å²) in [4.78, 5) is 21.1. The Kier molecular flexibility index (Phi) is 7.91. The largest absolute Gasteiger partial charge is 0.494 e. The molecule has 176 valence electrons. The first-order chi connectivity index (χ1) is 16.6. The van der Waals surface area contributed by atoms with E-state index in [-0.39, 0.29) is 5.91 Å². The minimum atomic E-state index is -0.0922. The van der Waals surface area contributed by atoms with Crippen molar-refractivity contribution in [1.82, 2.24) is 19.9 Å². The Balaban J connectivity index is 1.29. The van der Waals surface area contributed by atoms with Crippen molar-refractivity contribution < 1.29 is 9.53 Å². The Morgan fingerprint density at radius 3 is 2.71 bits per heavy atom. The molecule has 0 bridgehead atoms. The van der Waals surface area contributed by atoms with Crippen molar-refractivity contribution in [3.05, 3.63) is 89.5 Å². The molecule has 0 fully saturated rings. The molecule has 6 nitrogen and oxygen atoms in total. The molecule has 0 aliphatic heterocycles. The number of hydrogen-bond acceptors (Lipinski definition) is 4. The van der Waals surface area contributed by atoms with Crippen LogP contribution < -0.4 is 10.1 Å². The number of hydrogen-bond donors (Lipinski definition) is 1. The van der Waals surface area contributed by atoms with Gasteiger partial charge in [0.1, 0.15) is 11.6 Å². The minimum Gasteiger partial charge on any atom is -0.494 e. The van der Waals surface area contributed by atoms with Gasteiger partial charge in [0.25, 0.3) is 5.91 Å². The number of pyridine rings is 1. The van der Waals surface area contributed by atoms with E-state index in [2.05, 4.69) is 59.0 Å². The van der Waals surface area contributed by atoms with E-state index in [0.717, 1.165) is 54.8 Å². The van der Waals surface area contributed by atoms with Crippen molar-refractivity contribution >= 4 is 16.9 Å². The highest BCUT2D eigenvalue weighted by molar-refractivity contribution is 5.93. The van der Waals surface area contributed by atoms with Gasteiger partial charge < -0.3 is 14.6 Å². The number of unbranched alkanes of at least 4 members (excludes halogenated alkanes) is 1. The zero-order valence-electron chi connectivity index (χ0n) is 20.0. The highest BCUT2D eigenvalue weighted by Crippen LogP contribution is 2.19. The molecule has 1 amide bonds. The molecular weight excluding hydrogens is 424 g/mol. The fourth-order valence-electron chi connectivity index (χ4n) is 3.98. The molecule has 4 aromatic rings. The maximum atomic E-state index is 12.2. The molecule has 0 aliphatic carbocycles. The topological polar surface area (TPSA) is 69.0 Å². The van der Waals surface area contributed by atoms with E-state index >= 15 is 0 Å². The SMILES string of the molecule is Cc1ccc(OCCCCn2c(CCCNC(=O)c3cccnc3)nc3ccccc32)cc1C. The van der Waals surface area contributed by atoms with E-state index in [0.29, 0.717) is 18.7 Å². The highest BCUT2D eigenvalue weighted by Gasteiger charge is 2.11. The average Bonchev–Trinajstić information content (AvgIpc) is 3.21. The van der Waals surface area contributed by atoms with Crippen molar-refractivity contribution in [3.63, 3.8) is 0 Å². The Bertz CT molecular complexity index is 1230. The predicted octanol–water partition coefficient (Wildman–Crippen LogP) is 5.27. The normalized spacial score (nSPS) is 11.0. The van der Waals surface area contributed by atoms with Crippen molar-refractivity contribution in [2.24, 2.45) is 0 Å². The minimum absolute atomic E-state index is 0.0922. The third-order valence-corrected chi connectivity index (χ3v) is 6.04. The molecule has 0 radical (unpaired) electrons. The van der Waals surface area contributed by atoms with Crippen LogP contribution in [-0.4, -0.2) is 33.6 Å². The highest BCUT2D eigenvalue weighted by atomic mass is 16.5. The van der Waals surface area contributed by atoms with Crippen LogP contribution in [0.4, 0.5) is 0 Å². The first-order valence-electron chi connectivity index (χ1n) is 11.9. The average molecular weight is 457 g/mol. The summed E-state index contributed by atoms with van der Waals surface area (Å²) in [6.07, 6.45) is 6.86. The Morgan fingerprint density at radius 2 is 1.88 bits per heavy atom. The summed E-state index contributed by atoms with van der Waals surface area (Å²) in [6, 6.07) is 18.0. The van der Waals surface area contributed by atoms with Gasteiger partial charge in [0, 0.05) is 31.9 Å². The van der Waals surface area contributed by atoms with Gasteiger partial charge in [0.15, 0.2) is 0 Å².